The van der Waals surface area contributed by atoms with Crippen LogP contribution < -0.4 is 5.32 Å². The van der Waals surface area contributed by atoms with Crippen LogP contribution in [0.2, 0.25) is 0 Å². The van der Waals surface area contributed by atoms with Crippen molar-refractivity contribution in [3.63, 3.8) is 0 Å². The molecule has 1 atom stereocenters. The monoisotopic (exact) mass is 297 g/mol. The minimum Gasteiger partial charge on any atom is -0.466 e. The predicted octanol–water partition coefficient (Wildman–Crippen LogP) is 3.34. The molecule has 1 N–H and O–H groups in total. The molecule has 0 spiro atoms. The van der Waals surface area contributed by atoms with Crippen LogP contribution >= 0.6 is 0 Å². The Morgan fingerprint density at radius 3 is 2.18 bits per heavy atom. The van der Waals surface area contributed by atoms with Gasteiger partial charge in [0.05, 0.1) is 13.0 Å². The Morgan fingerprint density at radius 2 is 1.59 bits per heavy atom. The molecule has 2 rings (SSSR count). The van der Waals surface area contributed by atoms with Gasteiger partial charge >= 0.3 is 5.97 Å². The zero-order valence-electron chi connectivity index (χ0n) is 13.0. The van der Waals surface area contributed by atoms with E-state index < -0.39 is 0 Å². The van der Waals surface area contributed by atoms with E-state index in [0.29, 0.717) is 13.0 Å². The number of rotatable bonds is 8. The van der Waals surface area contributed by atoms with Crippen LogP contribution in [0.25, 0.3) is 0 Å². The van der Waals surface area contributed by atoms with Crippen LogP contribution in [-0.2, 0) is 22.5 Å². The molecule has 0 aliphatic heterocycles. The van der Waals surface area contributed by atoms with E-state index in [-0.39, 0.29) is 12.0 Å². The zero-order chi connectivity index (χ0) is 15.6. The molecule has 2 aromatic carbocycles. The maximum atomic E-state index is 11.8. The Kier molecular flexibility index (Phi) is 6.65. The van der Waals surface area contributed by atoms with E-state index in [4.69, 9.17) is 4.74 Å². The topological polar surface area (TPSA) is 38.3 Å². The molecule has 3 nitrogen and oxygen atoms in total. The highest BCUT2D eigenvalue weighted by Gasteiger charge is 2.15. The molecule has 2 aromatic rings. The van der Waals surface area contributed by atoms with Crippen LogP contribution in [0.5, 0.6) is 0 Å². The summed E-state index contributed by atoms with van der Waals surface area (Å²) >= 11 is 0. The summed E-state index contributed by atoms with van der Waals surface area (Å²) in [5, 5.41) is 3.47. The van der Waals surface area contributed by atoms with E-state index in [2.05, 4.69) is 29.6 Å². The molecule has 116 valence electrons. The van der Waals surface area contributed by atoms with Gasteiger partial charge < -0.3 is 10.1 Å². The van der Waals surface area contributed by atoms with Crippen molar-refractivity contribution in [1.29, 1.82) is 0 Å². The molecule has 0 aromatic heterocycles. The first-order chi connectivity index (χ1) is 10.8. The van der Waals surface area contributed by atoms with Gasteiger partial charge in [0, 0.05) is 12.6 Å². The number of benzene rings is 2. The molecule has 22 heavy (non-hydrogen) atoms. The minimum absolute atomic E-state index is 0.0710. The molecule has 0 bridgehead atoms. The fourth-order valence-electron chi connectivity index (χ4n) is 2.39. The first kappa shape index (κ1) is 16.2. The van der Waals surface area contributed by atoms with Gasteiger partial charge in [-0.3, -0.25) is 4.79 Å². The summed E-state index contributed by atoms with van der Waals surface area (Å²) in [4.78, 5) is 11.8. The Morgan fingerprint density at radius 1 is 1.00 bits per heavy atom. The van der Waals surface area contributed by atoms with E-state index >= 15 is 0 Å². The molecule has 0 fully saturated rings. The maximum absolute atomic E-state index is 11.8. The van der Waals surface area contributed by atoms with Gasteiger partial charge in [-0.05, 0) is 24.5 Å². The number of carbonyl (C=O) groups is 1. The summed E-state index contributed by atoms with van der Waals surface area (Å²) in [5.74, 6) is -0.149. The van der Waals surface area contributed by atoms with Crippen molar-refractivity contribution in [3.8, 4) is 0 Å². The molecule has 0 aliphatic carbocycles. The number of esters is 1. The first-order valence-electron chi connectivity index (χ1n) is 7.74. The van der Waals surface area contributed by atoms with Crippen LogP contribution in [0.4, 0.5) is 0 Å². The lowest BCUT2D eigenvalue weighted by Gasteiger charge is -2.18. The second-order valence-corrected chi connectivity index (χ2v) is 5.26. The SMILES string of the molecule is CCOC(=O)CC(Cc1ccccc1)NCc1ccccc1. The lowest BCUT2D eigenvalue weighted by Crippen LogP contribution is -2.33. The van der Waals surface area contributed by atoms with Gasteiger partial charge in [-0.15, -0.1) is 0 Å². The van der Waals surface area contributed by atoms with E-state index in [1.54, 1.807) is 0 Å². The molecule has 0 saturated carbocycles. The zero-order valence-corrected chi connectivity index (χ0v) is 13.0. The third kappa shape index (κ3) is 5.70. The van der Waals surface area contributed by atoms with Gasteiger partial charge in [-0.2, -0.15) is 0 Å². The average molecular weight is 297 g/mol. The molecule has 0 amide bonds. The Labute approximate surface area is 132 Å². The Balaban J connectivity index is 1.96. The molecule has 0 aliphatic rings. The third-order valence-corrected chi connectivity index (χ3v) is 3.48. The molecule has 0 saturated heterocycles. The van der Waals surface area contributed by atoms with Gasteiger partial charge in [-0.25, -0.2) is 0 Å². The first-order valence-corrected chi connectivity index (χ1v) is 7.74. The van der Waals surface area contributed by atoms with E-state index in [1.807, 2.05) is 43.3 Å². The fraction of sp³-hybridized carbons (Fsp3) is 0.316. The second-order valence-electron chi connectivity index (χ2n) is 5.26. The lowest BCUT2D eigenvalue weighted by molar-refractivity contribution is -0.143. The van der Waals surface area contributed by atoms with Gasteiger partial charge in [0.2, 0.25) is 0 Å². The van der Waals surface area contributed by atoms with Crippen LogP contribution in [0.1, 0.15) is 24.5 Å². The van der Waals surface area contributed by atoms with Crippen LogP contribution in [0, 0.1) is 0 Å². The summed E-state index contributed by atoms with van der Waals surface area (Å²) in [6.45, 7) is 3.01. The number of hydrogen-bond donors (Lipinski definition) is 1. The molecular weight excluding hydrogens is 274 g/mol. The van der Waals surface area contributed by atoms with Crippen molar-refractivity contribution >= 4 is 5.97 Å². The summed E-state index contributed by atoms with van der Waals surface area (Å²) in [6, 6.07) is 20.5. The Hall–Kier alpha value is -2.13. The highest BCUT2D eigenvalue weighted by molar-refractivity contribution is 5.70. The van der Waals surface area contributed by atoms with Crippen LogP contribution in [0.3, 0.4) is 0 Å². The second kappa shape index (κ2) is 9.00. The number of carbonyl (C=O) groups excluding carboxylic acids is 1. The van der Waals surface area contributed by atoms with Gasteiger partial charge in [0.25, 0.3) is 0 Å². The largest absolute Gasteiger partial charge is 0.466 e. The van der Waals surface area contributed by atoms with Gasteiger partial charge in [0.15, 0.2) is 0 Å². The van der Waals surface area contributed by atoms with E-state index in [9.17, 15) is 4.79 Å². The summed E-state index contributed by atoms with van der Waals surface area (Å²) in [7, 11) is 0. The van der Waals surface area contributed by atoms with Crippen molar-refractivity contribution in [2.45, 2.75) is 32.4 Å². The molecule has 0 heterocycles. The van der Waals surface area contributed by atoms with Gasteiger partial charge in [-0.1, -0.05) is 60.7 Å². The van der Waals surface area contributed by atoms with Crippen molar-refractivity contribution in [1.82, 2.24) is 5.32 Å². The van der Waals surface area contributed by atoms with Gasteiger partial charge in [0.1, 0.15) is 0 Å². The number of nitrogens with one attached hydrogen (secondary N) is 1. The standard InChI is InChI=1S/C19H23NO2/c1-2-22-19(21)14-18(13-16-9-5-3-6-10-16)20-15-17-11-7-4-8-12-17/h3-12,18,20H,2,13-15H2,1H3. The predicted molar refractivity (Wildman–Crippen MR) is 88.5 cm³/mol. The highest BCUT2D eigenvalue weighted by atomic mass is 16.5. The molecule has 3 heteroatoms. The molecule has 0 radical (unpaired) electrons. The van der Waals surface area contributed by atoms with Crippen molar-refractivity contribution in [2.24, 2.45) is 0 Å². The average Bonchev–Trinajstić information content (AvgIpc) is 2.55. The summed E-state index contributed by atoms with van der Waals surface area (Å²) in [5.41, 5.74) is 2.43. The van der Waals surface area contributed by atoms with Crippen LogP contribution in [-0.4, -0.2) is 18.6 Å². The van der Waals surface area contributed by atoms with Crippen molar-refractivity contribution in [2.75, 3.05) is 6.61 Å². The molecule has 1 unspecified atom stereocenters. The molecular formula is C19H23NO2. The number of hydrogen-bond acceptors (Lipinski definition) is 3. The highest BCUT2D eigenvalue weighted by Crippen LogP contribution is 2.08. The minimum atomic E-state index is -0.149. The summed E-state index contributed by atoms with van der Waals surface area (Å²) < 4.78 is 5.08. The van der Waals surface area contributed by atoms with Crippen LogP contribution in [0.15, 0.2) is 60.7 Å². The smallest absolute Gasteiger partial charge is 0.307 e. The van der Waals surface area contributed by atoms with Crippen molar-refractivity contribution in [3.05, 3.63) is 71.8 Å². The van der Waals surface area contributed by atoms with Crippen molar-refractivity contribution < 1.29 is 9.53 Å². The Bertz CT molecular complexity index is 554. The maximum Gasteiger partial charge on any atom is 0.307 e. The normalized spacial score (nSPS) is 11.9. The quantitative estimate of drug-likeness (QED) is 0.759. The lowest BCUT2D eigenvalue weighted by atomic mass is 10.0. The van der Waals surface area contributed by atoms with E-state index in [1.165, 1.54) is 11.1 Å². The summed E-state index contributed by atoms with van der Waals surface area (Å²) in [6.07, 6.45) is 1.20. The number of ether oxygens (including phenoxy) is 1. The fourth-order valence-corrected chi connectivity index (χ4v) is 2.39. The van der Waals surface area contributed by atoms with E-state index in [0.717, 1.165) is 13.0 Å². The third-order valence-electron chi connectivity index (χ3n) is 3.48.